The Kier molecular flexibility index (Phi) is 7.36. The number of nitro groups is 1. The summed E-state index contributed by atoms with van der Waals surface area (Å²) < 4.78 is 4.95. The second-order valence-electron chi connectivity index (χ2n) is 6.65. The van der Waals surface area contributed by atoms with Gasteiger partial charge in [-0.25, -0.2) is 4.79 Å². The smallest absolute Gasteiger partial charge is 0.339 e. The second kappa shape index (κ2) is 10.4. The van der Waals surface area contributed by atoms with E-state index in [2.05, 4.69) is 5.32 Å². The van der Waals surface area contributed by atoms with E-state index in [0.29, 0.717) is 22.4 Å². The number of amides is 1. The van der Waals surface area contributed by atoms with Gasteiger partial charge in [-0.05, 0) is 42.3 Å². The zero-order chi connectivity index (χ0) is 23.1. The van der Waals surface area contributed by atoms with Crippen LogP contribution in [0, 0.1) is 10.1 Å². The van der Waals surface area contributed by atoms with Gasteiger partial charge in [-0.15, -0.1) is 0 Å². The minimum atomic E-state index is -0.550. The maximum atomic E-state index is 13.1. The first-order valence-electron chi connectivity index (χ1n) is 9.68. The largest absolute Gasteiger partial charge is 0.462 e. The van der Waals surface area contributed by atoms with Crippen LogP contribution in [0.5, 0.6) is 0 Å². The monoisotopic (exact) mass is 450 g/mol. The number of halogens is 1. The molecule has 0 radical (unpaired) electrons. The summed E-state index contributed by atoms with van der Waals surface area (Å²) in [4.78, 5) is 35.6. The molecule has 3 rings (SSSR count). The summed E-state index contributed by atoms with van der Waals surface area (Å²) in [5.41, 5.74) is 1.94. The molecular formula is C24H19ClN2O5. The van der Waals surface area contributed by atoms with E-state index < -0.39 is 16.8 Å². The summed E-state index contributed by atoms with van der Waals surface area (Å²) >= 11 is 6.19. The number of nitro benzene ring substituents is 1. The van der Waals surface area contributed by atoms with Gasteiger partial charge in [0.2, 0.25) is 0 Å². The number of ether oxygens (including phenoxy) is 1. The number of hydrogen-bond donors (Lipinski definition) is 1. The van der Waals surface area contributed by atoms with Gasteiger partial charge in [0.25, 0.3) is 11.6 Å². The Morgan fingerprint density at radius 2 is 1.81 bits per heavy atom. The Labute approximate surface area is 189 Å². The Bertz CT molecular complexity index is 1190. The predicted molar refractivity (Wildman–Crippen MR) is 123 cm³/mol. The average molecular weight is 451 g/mol. The van der Waals surface area contributed by atoms with Crippen LogP contribution in [0.4, 0.5) is 11.4 Å². The lowest BCUT2D eigenvalue weighted by molar-refractivity contribution is -0.384. The van der Waals surface area contributed by atoms with Crippen molar-refractivity contribution < 1.29 is 19.2 Å². The SMILES string of the molecule is CCOC(=O)c1ccc(NC(=O)/C(=C/c2cccc([N+](=O)[O-])c2)c2ccccc2)cc1Cl. The van der Waals surface area contributed by atoms with Gasteiger partial charge >= 0.3 is 5.97 Å². The van der Waals surface area contributed by atoms with Crippen molar-refractivity contribution in [3.63, 3.8) is 0 Å². The van der Waals surface area contributed by atoms with Gasteiger partial charge in [-0.1, -0.05) is 54.1 Å². The molecule has 1 N–H and O–H groups in total. The molecule has 0 saturated carbocycles. The molecule has 0 atom stereocenters. The topological polar surface area (TPSA) is 98.5 Å². The molecule has 0 spiro atoms. The van der Waals surface area contributed by atoms with E-state index in [1.807, 2.05) is 6.07 Å². The van der Waals surface area contributed by atoms with Gasteiger partial charge in [-0.2, -0.15) is 0 Å². The summed E-state index contributed by atoms with van der Waals surface area (Å²) in [6, 6.07) is 19.4. The number of hydrogen-bond acceptors (Lipinski definition) is 5. The molecule has 0 aromatic heterocycles. The van der Waals surface area contributed by atoms with Crippen LogP contribution in [-0.4, -0.2) is 23.4 Å². The van der Waals surface area contributed by atoms with Gasteiger partial charge in [0, 0.05) is 23.4 Å². The summed E-state index contributed by atoms with van der Waals surface area (Å²) in [5.74, 6) is -0.992. The third-order valence-electron chi connectivity index (χ3n) is 4.44. The molecule has 0 heterocycles. The summed E-state index contributed by atoms with van der Waals surface area (Å²) in [6.07, 6.45) is 1.58. The standard InChI is InChI=1S/C24H19ClN2O5/c1-2-32-24(29)20-12-11-18(15-22(20)25)26-23(28)21(17-8-4-3-5-9-17)14-16-7-6-10-19(13-16)27(30)31/h3-15H,2H2,1H3,(H,26,28)/b21-14+. The normalized spacial score (nSPS) is 11.0. The highest BCUT2D eigenvalue weighted by Crippen LogP contribution is 2.25. The zero-order valence-electron chi connectivity index (χ0n) is 17.1. The van der Waals surface area contributed by atoms with Crippen molar-refractivity contribution in [2.45, 2.75) is 6.92 Å². The van der Waals surface area contributed by atoms with E-state index in [0.717, 1.165) is 0 Å². The molecule has 0 aliphatic rings. The van der Waals surface area contributed by atoms with Crippen LogP contribution in [0.3, 0.4) is 0 Å². The molecular weight excluding hydrogens is 432 g/mol. The number of carbonyl (C=O) groups excluding carboxylic acids is 2. The van der Waals surface area contributed by atoms with Gasteiger partial charge in [0.1, 0.15) is 0 Å². The summed E-state index contributed by atoms with van der Waals surface area (Å²) in [6.45, 7) is 1.91. The molecule has 1 amide bonds. The van der Waals surface area contributed by atoms with Crippen LogP contribution >= 0.6 is 11.6 Å². The summed E-state index contributed by atoms with van der Waals surface area (Å²) in [7, 11) is 0. The fourth-order valence-corrected chi connectivity index (χ4v) is 3.22. The Hall–Kier alpha value is -3.97. The number of rotatable bonds is 7. The fourth-order valence-electron chi connectivity index (χ4n) is 2.96. The minimum Gasteiger partial charge on any atom is -0.462 e. The van der Waals surface area contributed by atoms with Crippen LogP contribution in [0.1, 0.15) is 28.4 Å². The van der Waals surface area contributed by atoms with E-state index in [4.69, 9.17) is 16.3 Å². The van der Waals surface area contributed by atoms with Crippen molar-refractivity contribution in [2.75, 3.05) is 11.9 Å². The number of non-ortho nitro benzene ring substituents is 1. The molecule has 162 valence electrons. The number of carbonyl (C=O) groups is 2. The van der Waals surface area contributed by atoms with Crippen molar-refractivity contribution >= 4 is 46.5 Å². The third kappa shape index (κ3) is 5.59. The van der Waals surface area contributed by atoms with Crippen molar-refractivity contribution in [1.82, 2.24) is 0 Å². The Morgan fingerprint density at radius 3 is 2.47 bits per heavy atom. The minimum absolute atomic E-state index is 0.0760. The molecule has 0 saturated heterocycles. The third-order valence-corrected chi connectivity index (χ3v) is 4.76. The second-order valence-corrected chi connectivity index (χ2v) is 7.05. The predicted octanol–water partition coefficient (Wildman–Crippen LogP) is 5.60. The average Bonchev–Trinajstić information content (AvgIpc) is 2.78. The van der Waals surface area contributed by atoms with Crippen molar-refractivity contribution in [2.24, 2.45) is 0 Å². The first kappa shape index (κ1) is 22.7. The maximum absolute atomic E-state index is 13.1. The highest BCUT2D eigenvalue weighted by Gasteiger charge is 2.16. The highest BCUT2D eigenvalue weighted by molar-refractivity contribution is 6.34. The number of anilines is 1. The molecule has 0 bridgehead atoms. The molecule has 3 aromatic carbocycles. The van der Waals surface area contributed by atoms with Crippen LogP contribution in [0.25, 0.3) is 11.6 Å². The van der Waals surface area contributed by atoms with Crippen molar-refractivity contribution in [1.29, 1.82) is 0 Å². The van der Waals surface area contributed by atoms with Crippen molar-refractivity contribution in [3.05, 3.63) is 105 Å². The van der Waals surface area contributed by atoms with Gasteiger partial charge in [0.05, 0.1) is 22.1 Å². The molecule has 8 heteroatoms. The fraction of sp³-hybridized carbons (Fsp3) is 0.0833. The first-order valence-corrected chi connectivity index (χ1v) is 10.1. The lowest BCUT2D eigenvalue weighted by atomic mass is 10.0. The maximum Gasteiger partial charge on any atom is 0.339 e. The lowest BCUT2D eigenvalue weighted by Gasteiger charge is -2.11. The number of benzene rings is 3. The quantitative estimate of drug-likeness (QED) is 0.166. The van der Waals surface area contributed by atoms with E-state index in [1.54, 1.807) is 55.5 Å². The van der Waals surface area contributed by atoms with E-state index >= 15 is 0 Å². The van der Waals surface area contributed by atoms with Gasteiger partial charge in [-0.3, -0.25) is 14.9 Å². The number of nitrogens with zero attached hydrogens (tertiary/aromatic N) is 1. The van der Waals surface area contributed by atoms with Crippen molar-refractivity contribution in [3.8, 4) is 0 Å². The Balaban J connectivity index is 1.94. The molecule has 0 aliphatic heterocycles. The van der Waals surface area contributed by atoms with Crippen LogP contribution in [0.15, 0.2) is 72.8 Å². The highest BCUT2D eigenvalue weighted by atomic mass is 35.5. The van der Waals surface area contributed by atoms with Gasteiger partial charge < -0.3 is 10.1 Å². The van der Waals surface area contributed by atoms with Crippen LogP contribution in [0.2, 0.25) is 5.02 Å². The number of esters is 1. The molecule has 0 unspecified atom stereocenters. The first-order chi connectivity index (χ1) is 15.4. The van der Waals surface area contributed by atoms with Gasteiger partial charge in [0.15, 0.2) is 0 Å². The molecule has 0 aliphatic carbocycles. The Morgan fingerprint density at radius 1 is 1.06 bits per heavy atom. The molecule has 3 aromatic rings. The van der Waals surface area contributed by atoms with E-state index in [-0.39, 0.29) is 22.9 Å². The lowest BCUT2D eigenvalue weighted by Crippen LogP contribution is -2.14. The van der Waals surface area contributed by atoms with Crippen LogP contribution in [-0.2, 0) is 9.53 Å². The molecule has 0 fully saturated rings. The summed E-state index contributed by atoms with van der Waals surface area (Å²) in [5, 5.41) is 14.0. The van der Waals surface area contributed by atoms with E-state index in [9.17, 15) is 19.7 Å². The van der Waals surface area contributed by atoms with E-state index in [1.165, 1.54) is 24.3 Å². The number of nitrogens with one attached hydrogen (secondary N) is 1. The molecule has 7 nitrogen and oxygen atoms in total. The molecule has 32 heavy (non-hydrogen) atoms. The van der Waals surface area contributed by atoms with Crippen LogP contribution < -0.4 is 5.32 Å². The zero-order valence-corrected chi connectivity index (χ0v) is 17.8.